The molecule has 1 unspecified atom stereocenters. The first kappa shape index (κ1) is 19.8. The van der Waals surface area contributed by atoms with Crippen LogP contribution in [0.25, 0.3) is 0 Å². The molecule has 0 fully saturated rings. The molecule has 4 nitrogen and oxygen atoms in total. The van der Waals surface area contributed by atoms with Crippen molar-refractivity contribution >= 4 is 0 Å². The molecule has 0 saturated carbocycles. The normalized spacial score (nSPS) is 13.7. The fourth-order valence-corrected chi connectivity index (χ4v) is 2.65. The zero-order valence-electron chi connectivity index (χ0n) is 14.0. The Labute approximate surface area is 125 Å². The second kappa shape index (κ2) is 12.6. The minimum Gasteiger partial charge on any atom is -0.331 e. The molecule has 0 spiro atoms. The van der Waals surface area contributed by atoms with E-state index in [4.69, 9.17) is 19.9 Å². The number of nitrogens with two attached hydrogens (primary N) is 1. The monoisotopic (exact) mass is 289 g/mol. The van der Waals surface area contributed by atoms with Crippen molar-refractivity contribution in [2.24, 2.45) is 11.7 Å². The fraction of sp³-hybridized carbons (Fsp3) is 1.00. The van der Waals surface area contributed by atoms with Crippen molar-refractivity contribution in [2.75, 3.05) is 27.9 Å². The third-order valence-electron chi connectivity index (χ3n) is 4.00. The predicted octanol–water partition coefficient (Wildman–Crippen LogP) is 3.69. The molecule has 0 aliphatic rings. The van der Waals surface area contributed by atoms with Crippen LogP contribution in [0.3, 0.4) is 0 Å². The second-order valence-corrected chi connectivity index (χ2v) is 5.50. The van der Waals surface area contributed by atoms with E-state index in [0.717, 1.165) is 25.8 Å². The Morgan fingerprint density at radius 1 is 0.850 bits per heavy atom. The predicted molar refractivity (Wildman–Crippen MR) is 83.5 cm³/mol. The SMILES string of the molecule is CCCCCCCC(CCCN)CC(OC)(OC)OC. The van der Waals surface area contributed by atoms with E-state index in [0.29, 0.717) is 5.92 Å². The average Bonchev–Trinajstić information content (AvgIpc) is 2.49. The van der Waals surface area contributed by atoms with Gasteiger partial charge in [0.25, 0.3) is 5.97 Å². The number of rotatable bonds is 14. The highest BCUT2D eigenvalue weighted by Crippen LogP contribution is 2.29. The molecular formula is C16H35NO3. The summed E-state index contributed by atoms with van der Waals surface area (Å²) in [6.07, 6.45) is 10.7. The van der Waals surface area contributed by atoms with E-state index in [1.165, 1.54) is 38.5 Å². The summed E-state index contributed by atoms with van der Waals surface area (Å²) < 4.78 is 16.2. The van der Waals surface area contributed by atoms with E-state index in [1.807, 2.05) is 0 Å². The Balaban J connectivity index is 4.24. The fourth-order valence-electron chi connectivity index (χ4n) is 2.65. The first-order valence-electron chi connectivity index (χ1n) is 8.03. The molecule has 0 aromatic heterocycles. The van der Waals surface area contributed by atoms with E-state index in [2.05, 4.69) is 6.92 Å². The van der Waals surface area contributed by atoms with Crippen molar-refractivity contribution in [1.82, 2.24) is 0 Å². The molecule has 0 saturated heterocycles. The lowest BCUT2D eigenvalue weighted by Crippen LogP contribution is -2.38. The summed E-state index contributed by atoms with van der Waals surface area (Å²) in [6.45, 7) is 2.99. The van der Waals surface area contributed by atoms with Crippen LogP contribution in [-0.4, -0.2) is 33.8 Å². The van der Waals surface area contributed by atoms with Crippen LogP contribution in [0.2, 0.25) is 0 Å². The van der Waals surface area contributed by atoms with Gasteiger partial charge in [-0.2, -0.15) is 0 Å². The van der Waals surface area contributed by atoms with Gasteiger partial charge in [-0.1, -0.05) is 45.4 Å². The second-order valence-electron chi connectivity index (χ2n) is 5.50. The molecule has 0 amide bonds. The van der Waals surface area contributed by atoms with Crippen molar-refractivity contribution in [1.29, 1.82) is 0 Å². The number of hydrogen-bond donors (Lipinski definition) is 1. The van der Waals surface area contributed by atoms with Crippen LogP contribution in [0.5, 0.6) is 0 Å². The van der Waals surface area contributed by atoms with Gasteiger partial charge in [-0.15, -0.1) is 0 Å². The Hall–Kier alpha value is -0.160. The molecule has 0 aliphatic heterocycles. The molecular weight excluding hydrogens is 254 g/mol. The van der Waals surface area contributed by atoms with E-state index in [9.17, 15) is 0 Å². The van der Waals surface area contributed by atoms with Gasteiger partial charge in [-0.3, -0.25) is 0 Å². The quantitative estimate of drug-likeness (QED) is 0.391. The van der Waals surface area contributed by atoms with E-state index >= 15 is 0 Å². The maximum absolute atomic E-state index is 5.64. The molecule has 20 heavy (non-hydrogen) atoms. The van der Waals surface area contributed by atoms with Gasteiger partial charge >= 0.3 is 0 Å². The summed E-state index contributed by atoms with van der Waals surface area (Å²) in [5.74, 6) is -0.358. The van der Waals surface area contributed by atoms with Crippen molar-refractivity contribution in [3.8, 4) is 0 Å². The van der Waals surface area contributed by atoms with E-state index in [1.54, 1.807) is 21.3 Å². The van der Waals surface area contributed by atoms with E-state index in [-0.39, 0.29) is 0 Å². The molecule has 2 N–H and O–H groups in total. The lowest BCUT2D eigenvalue weighted by molar-refractivity contribution is -0.359. The van der Waals surface area contributed by atoms with Gasteiger partial charge in [0.1, 0.15) is 0 Å². The summed E-state index contributed by atoms with van der Waals surface area (Å²) in [4.78, 5) is 0. The molecule has 0 aromatic carbocycles. The van der Waals surface area contributed by atoms with Gasteiger partial charge in [-0.05, 0) is 25.3 Å². The minimum atomic E-state index is -0.900. The van der Waals surface area contributed by atoms with Gasteiger partial charge < -0.3 is 19.9 Å². The van der Waals surface area contributed by atoms with Gasteiger partial charge in [0.2, 0.25) is 0 Å². The summed E-state index contributed by atoms with van der Waals surface area (Å²) in [5, 5.41) is 0. The standard InChI is InChI=1S/C16H35NO3/c1-5-6-7-8-9-11-15(12-10-13-17)14-16(18-2,19-3)20-4/h15H,5-14,17H2,1-4H3. The van der Waals surface area contributed by atoms with Crippen LogP contribution in [-0.2, 0) is 14.2 Å². The van der Waals surface area contributed by atoms with E-state index < -0.39 is 5.97 Å². The van der Waals surface area contributed by atoms with Crippen LogP contribution < -0.4 is 5.73 Å². The molecule has 0 rings (SSSR count). The third-order valence-corrected chi connectivity index (χ3v) is 4.00. The van der Waals surface area contributed by atoms with Crippen molar-refractivity contribution < 1.29 is 14.2 Å². The highest BCUT2D eigenvalue weighted by molar-refractivity contribution is 4.68. The highest BCUT2D eigenvalue weighted by atomic mass is 16.9. The van der Waals surface area contributed by atoms with Crippen molar-refractivity contribution in [3.63, 3.8) is 0 Å². The first-order valence-corrected chi connectivity index (χ1v) is 8.03. The van der Waals surface area contributed by atoms with Crippen LogP contribution in [0.15, 0.2) is 0 Å². The molecule has 122 valence electrons. The summed E-state index contributed by atoms with van der Waals surface area (Å²) in [6, 6.07) is 0. The number of unbranched alkanes of at least 4 members (excludes halogenated alkanes) is 4. The van der Waals surface area contributed by atoms with Gasteiger partial charge in [0.05, 0.1) is 0 Å². The largest absolute Gasteiger partial charge is 0.331 e. The molecule has 0 aliphatic carbocycles. The molecule has 1 atom stereocenters. The Bertz CT molecular complexity index is 200. The summed E-state index contributed by atoms with van der Waals surface area (Å²) in [5.41, 5.74) is 5.64. The number of methoxy groups -OCH3 is 3. The number of hydrogen-bond acceptors (Lipinski definition) is 4. The summed E-state index contributed by atoms with van der Waals surface area (Å²) in [7, 11) is 4.90. The maximum atomic E-state index is 5.64. The molecule has 0 bridgehead atoms. The van der Waals surface area contributed by atoms with Crippen LogP contribution in [0.1, 0.15) is 64.7 Å². The van der Waals surface area contributed by atoms with Crippen LogP contribution in [0, 0.1) is 5.92 Å². The summed E-state index contributed by atoms with van der Waals surface area (Å²) >= 11 is 0. The highest BCUT2D eigenvalue weighted by Gasteiger charge is 2.32. The smallest absolute Gasteiger partial charge is 0.282 e. The third kappa shape index (κ3) is 8.20. The van der Waals surface area contributed by atoms with Crippen molar-refractivity contribution in [2.45, 2.75) is 70.7 Å². The molecule has 4 heteroatoms. The Morgan fingerprint density at radius 3 is 1.90 bits per heavy atom. The Morgan fingerprint density at radius 2 is 1.40 bits per heavy atom. The minimum absolute atomic E-state index is 0.542. The van der Waals surface area contributed by atoms with Gasteiger partial charge in [0, 0.05) is 27.8 Å². The molecule has 0 radical (unpaired) electrons. The number of ether oxygens (including phenoxy) is 3. The maximum Gasteiger partial charge on any atom is 0.282 e. The Kier molecular flexibility index (Phi) is 12.5. The lowest BCUT2D eigenvalue weighted by atomic mass is 9.91. The lowest BCUT2D eigenvalue weighted by Gasteiger charge is -2.32. The van der Waals surface area contributed by atoms with Crippen LogP contribution in [0.4, 0.5) is 0 Å². The van der Waals surface area contributed by atoms with Crippen LogP contribution >= 0.6 is 0 Å². The first-order chi connectivity index (χ1) is 9.67. The molecule has 0 heterocycles. The zero-order chi connectivity index (χ0) is 15.3. The average molecular weight is 289 g/mol. The zero-order valence-corrected chi connectivity index (χ0v) is 14.0. The van der Waals surface area contributed by atoms with Gasteiger partial charge in [-0.25, -0.2) is 0 Å². The van der Waals surface area contributed by atoms with Crippen molar-refractivity contribution in [3.05, 3.63) is 0 Å². The topological polar surface area (TPSA) is 53.7 Å². The van der Waals surface area contributed by atoms with Gasteiger partial charge in [0.15, 0.2) is 0 Å². The molecule has 0 aromatic rings.